The predicted molar refractivity (Wildman–Crippen MR) is 74.3 cm³/mol. The normalized spacial score (nSPS) is 19.1. The molecule has 1 aliphatic rings. The molecule has 0 saturated heterocycles. The van der Waals surface area contributed by atoms with Gasteiger partial charge in [-0.3, -0.25) is 0 Å². The summed E-state index contributed by atoms with van der Waals surface area (Å²) in [5.41, 5.74) is 0. The average Bonchev–Trinajstić information content (AvgIpc) is 2.79. The van der Waals surface area contributed by atoms with Crippen molar-refractivity contribution >= 4 is 0 Å². The molecule has 0 bridgehead atoms. The number of hydrogen-bond donors (Lipinski definition) is 1. The van der Waals surface area contributed by atoms with Crippen molar-refractivity contribution in [3.8, 4) is 0 Å². The summed E-state index contributed by atoms with van der Waals surface area (Å²) in [6, 6.07) is 0.632. The van der Waals surface area contributed by atoms with Crippen LogP contribution in [0.2, 0.25) is 0 Å². The van der Waals surface area contributed by atoms with E-state index in [2.05, 4.69) is 26.1 Å². The molecule has 1 unspecified atom stereocenters. The van der Waals surface area contributed by atoms with Crippen LogP contribution in [0.1, 0.15) is 59.3 Å². The van der Waals surface area contributed by atoms with Gasteiger partial charge in [-0.2, -0.15) is 0 Å². The van der Waals surface area contributed by atoms with Gasteiger partial charge in [-0.05, 0) is 44.4 Å². The van der Waals surface area contributed by atoms with Crippen molar-refractivity contribution in [2.45, 2.75) is 65.3 Å². The standard InChI is InChI=1S/C15H31NO/c1-13(2)8-9-14(3)16-10-11-17-12-15-6-4-5-7-15/h13-16H,4-12H2,1-3H3. The molecule has 0 aromatic heterocycles. The Morgan fingerprint density at radius 2 is 1.82 bits per heavy atom. The first-order valence-electron chi connectivity index (χ1n) is 7.49. The Balaban J connectivity index is 1.85. The first-order chi connectivity index (χ1) is 8.18. The van der Waals surface area contributed by atoms with Gasteiger partial charge in [0.1, 0.15) is 0 Å². The van der Waals surface area contributed by atoms with Gasteiger partial charge in [-0.15, -0.1) is 0 Å². The molecule has 0 amide bonds. The van der Waals surface area contributed by atoms with E-state index >= 15 is 0 Å². The predicted octanol–water partition coefficient (Wildman–Crippen LogP) is 3.61. The van der Waals surface area contributed by atoms with Crippen LogP contribution in [0, 0.1) is 11.8 Å². The van der Waals surface area contributed by atoms with E-state index in [4.69, 9.17) is 4.74 Å². The minimum absolute atomic E-state index is 0.632. The summed E-state index contributed by atoms with van der Waals surface area (Å²) in [4.78, 5) is 0. The molecule has 1 fully saturated rings. The second-order valence-corrected chi connectivity index (χ2v) is 6.05. The fraction of sp³-hybridized carbons (Fsp3) is 1.00. The van der Waals surface area contributed by atoms with Crippen LogP contribution >= 0.6 is 0 Å². The maximum absolute atomic E-state index is 5.73. The molecule has 17 heavy (non-hydrogen) atoms. The third-order valence-electron chi connectivity index (χ3n) is 3.74. The Morgan fingerprint density at radius 1 is 1.12 bits per heavy atom. The molecule has 1 aliphatic carbocycles. The second kappa shape index (κ2) is 8.93. The summed E-state index contributed by atoms with van der Waals surface area (Å²) in [6.07, 6.45) is 8.20. The van der Waals surface area contributed by atoms with Crippen LogP contribution in [-0.2, 0) is 4.74 Å². The lowest BCUT2D eigenvalue weighted by atomic mass is 10.0. The minimum Gasteiger partial charge on any atom is -0.380 e. The quantitative estimate of drug-likeness (QED) is 0.623. The van der Waals surface area contributed by atoms with Crippen molar-refractivity contribution in [1.82, 2.24) is 5.32 Å². The highest BCUT2D eigenvalue weighted by Gasteiger charge is 2.14. The van der Waals surface area contributed by atoms with Crippen molar-refractivity contribution < 1.29 is 4.74 Å². The van der Waals surface area contributed by atoms with E-state index in [1.807, 2.05) is 0 Å². The van der Waals surface area contributed by atoms with E-state index in [9.17, 15) is 0 Å². The summed E-state index contributed by atoms with van der Waals surface area (Å²) in [5.74, 6) is 1.67. The maximum Gasteiger partial charge on any atom is 0.0591 e. The van der Waals surface area contributed by atoms with Gasteiger partial charge in [-0.1, -0.05) is 26.7 Å². The van der Waals surface area contributed by atoms with E-state index in [1.54, 1.807) is 0 Å². The van der Waals surface area contributed by atoms with Gasteiger partial charge in [0.05, 0.1) is 6.61 Å². The summed E-state index contributed by atoms with van der Waals surface area (Å²) in [6.45, 7) is 9.73. The number of hydrogen-bond acceptors (Lipinski definition) is 2. The minimum atomic E-state index is 0.632. The van der Waals surface area contributed by atoms with Gasteiger partial charge in [0.25, 0.3) is 0 Å². The van der Waals surface area contributed by atoms with Gasteiger partial charge < -0.3 is 10.1 Å². The van der Waals surface area contributed by atoms with Crippen LogP contribution in [-0.4, -0.2) is 25.8 Å². The van der Waals surface area contributed by atoms with Gasteiger partial charge in [-0.25, -0.2) is 0 Å². The number of ether oxygens (including phenoxy) is 1. The lowest BCUT2D eigenvalue weighted by Gasteiger charge is -2.15. The largest absolute Gasteiger partial charge is 0.380 e. The van der Waals surface area contributed by atoms with Crippen molar-refractivity contribution in [3.05, 3.63) is 0 Å². The van der Waals surface area contributed by atoms with Gasteiger partial charge in [0.2, 0.25) is 0 Å². The van der Waals surface area contributed by atoms with Gasteiger partial charge >= 0.3 is 0 Å². The van der Waals surface area contributed by atoms with E-state index in [0.717, 1.165) is 31.6 Å². The van der Waals surface area contributed by atoms with Gasteiger partial charge in [0.15, 0.2) is 0 Å². The molecule has 0 aliphatic heterocycles. The van der Waals surface area contributed by atoms with Crippen molar-refractivity contribution in [2.75, 3.05) is 19.8 Å². The lowest BCUT2D eigenvalue weighted by Crippen LogP contribution is -2.30. The van der Waals surface area contributed by atoms with Crippen molar-refractivity contribution in [2.24, 2.45) is 11.8 Å². The summed E-state index contributed by atoms with van der Waals surface area (Å²) < 4.78 is 5.73. The van der Waals surface area contributed by atoms with Crippen LogP contribution in [0.4, 0.5) is 0 Å². The van der Waals surface area contributed by atoms with Crippen LogP contribution < -0.4 is 5.32 Å². The van der Waals surface area contributed by atoms with E-state index in [0.29, 0.717) is 6.04 Å². The van der Waals surface area contributed by atoms with E-state index in [-0.39, 0.29) is 0 Å². The summed E-state index contributed by atoms with van der Waals surface area (Å²) >= 11 is 0. The first kappa shape index (κ1) is 15.0. The lowest BCUT2D eigenvalue weighted by molar-refractivity contribution is 0.101. The number of rotatable bonds is 9. The number of nitrogens with one attached hydrogen (secondary N) is 1. The third kappa shape index (κ3) is 7.77. The Labute approximate surface area is 108 Å². The monoisotopic (exact) mass is 241 g/mol. The molecule has 0 heterocycles. The molecule has 2 nitrogen and oxygen atoms in total. The highest BCUT2D eigenvalue weighted by atomic mass is 16.5. The second-order valence-electron chi connectivity index (χ2n) is 6.05. The highest BCUT2D eigenvalue weighted by Crippen LogP contribution is 2.24. The van der Waals surface area contributed by atoms with Crippen molar-refractivity contribution in [1.29, 1.82) is 0 Å². The smallest absolute Gasteiger partial charge is 0.0591 e. The zero-order valence-electron chi connectivity index (χ0n) is 12.0. The molecular weight excluding hydrogens is 210 g/mol. The molecular formula is C15H31NO. The molecule has 2 heteroatoms. The summed E-state index contributed by atoms with van der Waals surface area (Å²) in [5, 5.41) is 3.54. The fourth-order valence-corrected chi connectivity index (χ4v) is 2.49. The third-order valence-corrected chi connectivity index (χ3v) is 3.74. The molecule has 0 aromatic rings. The molecule has 0 radical (unpaired) electrons. The molecule has 1 atom stereocenters. The Morgan fingerprint density at radius 3 is 2.47 bits per heavy atom. The SMILES string of the molecule is CC(C)CCC(C)NCCOCC1CCCC1. The summed E-state index contributed by atoms with van der Waals surface area (Å²) in [7, 11) is 0. The molecule has 1 saturated carbocycles. The molecule has 1 rings (SSSR count). The maximum atomic E-state index is 5.73. The Hall–Kier alpha value is -0.0800. The van der Waals surface area contributed by atoms with E-state index in [1.165, 1.54) is 38.5 Å². The zero-order valence-corrected chi connectivity index (χ0v) is 12.0. The van der Waals surface area contributed by atoms with Gasteiger partial charge in [0, 0.05) is 19.2 Å². The van der Waals surface area contributed by atoms with Crippen LogP contribution in [0.5, 0.6) is 0 Å². The molecule has 0 spiro atoms. The van der Waals surface area contributed by atoms with E-state index < -0.39 is 0 Å². The molecule has 102 valence electrons. The Bertz CT molecular complexity index is 176. The topological polar surface area (TPSA) is 21.3 Å². The van der Waals surface area contributed by atoms with Crippen LogP contribution in [0.15, 0.2) is 0 Å². The zero-order chi connectivity index (χ0) is 12.5. The average molecular weight is 241 g/mol. The van der Waals surface area contributed by atoms with Crippen molar-refractivity contribution in [3.63, 3.8) is 0 Å². The first-order valence-corrected chi connectivity index (χ1v) is 7.49. The fourth-order valence-electron chi connectivity index (χ4n) is 2.49. The molecule has 1 N–H and O–H groups in total. The molecule has 0 aromatic carbocycles. The Kier molecular flexibility index (Phi) is 7.87. The van der Waals surface area contributed by atoms with Crippen LogP contribution in [0.25, 0.3) is 0 Å². The van der Waals surface area contributed by atoms with Crippen LogP contribution in [0.3, 0.4) is 0 Å². The highest BCUT2D eigenvalue weighted by molar-refractivity contribution is 4.66.